The molecule has 2 N–H and O–H groups in total. The van der Waals surface area contributed by atoms with Crippen molar-refractivity contribution in [3.8, 4) is 0 Å². The van der Waals surface area contributed by atoms with Gasteiger partial charge >= 0.3 is 0 Å². The molecule has 1 aromatic carbocycles. The average molecular weight is 225 g/mol. The molecule has 0 aliphatic rings. The van der Waals surface area contributed by atoms with Crippen molar-refractivity contribution in [2.45, 2.75) is 26.3 Å². The van der Waals surface area contributed by atoms with Crippen LogP contribution in [0.3, 0.4) is 0 Å². The fourth-order valence-corrected chi connectivity index (χ4v) is 1.34. The van der Waals surface area contributed by atoms with Crippen LogP contribution in [0.5, 0.6) is 0 Å². The summed E-state index contributed by atoms with van der Waals surface area (Å²) in [6, 6.07) is 4.12. The molecule has 0 aliphatic heterocycles. The molecule has 0 saturated carbocycles. The minimum atomic E-state index is -0.537. The van der Waals surface area contributed by atoms with Crippen LogP contribution in [-0.2, 0) is 0 Å². The number of hydrogen-bond donors (Lipinski definition) is 2. The van der Waals surface area contributed by atoms with Crippen LogP contribution in [0, 0.1) is 12.7 Å². The average Bonchev–Trinajstić information content (AvgIpc) is 2.25. The minimum absolute atomic E-state index is 0.0116. The fourth-order valence-electron chi connectivity index (χ4n) is 1.34. The molecule has 0 spiro atoms. The van der Waals surface area contributed by atoms with Crippen molar-refractivity contribution >= 4 is 5.91 Å². The van der Waals surface area contributed by atoms with E-state index in [1.807, 2.05) is 6.92 Å². The van der Waals surface area contributed by atoms with Gasteiger partial charge in [0, 0.05) is 0 Å². The van der Waals surface area contributed by atoms with Crippen LogP contribution in [0.25, 0.3) is 0 Å². The van der Waals surface area contributed by atoms with Crippen LogP contribution < -0.4 is 5.32 Å². The monoisotopic (exact) mass is 225 g/mol. The number of aliphatic hydroxyl groups is 1. The molecule has 1 unspecified atom stereocenters. The number of rotatable bonds is 4. The zero-order valence-corrected chi connectivity index (χ0v) is 9.46. The van der Waals surface area contributed by atoms with Gasteiger partial charge in [-0.1, -0.05) is 13.0 Å². The summed E-state index contributed by atoms with van der Waals surface area (Å²) in [6.07, 6.45) is 0.607. The van der Waals surface area contributed by atoms with E-state index in [1.54, 1.807) is 13.0 Å². The van der Waals surface area contributed by atoms with E-state index in [0.29, 0.717) is 6.42 Å². The zero-order chi connectivity index (χ0) is 12.1. The number of benzene rings is 1. The summed E-state index contributed by atoms with van der Waals surface area (Å²) in [5.41, 5.74) is 0.778. The molecule has 0 aromatic heterocycles. The molecule has 1 atom stereocenters. The molecule has 4 heteroatoms. The third kappa shape index (κ3) is 3.03. The van der Waals surface area contributed by atoms with Crippen molar-refractivity contribution < 1.29 is 14.3 Å². The van der Waals surface area contributed by atoms with E-state index in [4.69, 9.17) is 5.11 Å². The predicted octanol–water partition coefficient (Wildman–Crippen LogP) is 1.63. The lowest BCUT2D eigenvalue weighted by Gasteiger charge is -2.14. The molecule has 0 saturated heterocycles. The number of carbonyl (C=O) groups is 1. The van der Waals surface area contributed by atoms with Crippen LogP contribution in [0.1, 0.15) is 29.3 Å². The predicted molar refractivity (Wildman–Crippen MR) is 59.8 cm³/mol. The number of aliphatic hydroxyl groups excluding tert-OH is 1. The lowest BCUT2D eigenvalue weighted by molar-refractivity contribution is 0.0911. The van der Waals surface area contributed by atoms with Crippen LogP contribution in [0.2, 0.25) is 0 Å². The highest BCUT2D eigenvalue weighted by molar-refractivity contribution is 5.94. The Morgan fingerprint density at radius 3 is 2.75 bits per heavy atom. The van der Waals surface area contributed by atoms with E-state index in [-0.39, 0.29) is 18.2 Å². The normalized spacial score (nSPS) is 12.2. The Bertz CT molecular complexity index is 375. The highest BCUT2D eigenvalue weighted by atomic mass is 19.1. The van der Waals surface area contributed by atoms with E-state index in [1.165, 1.54) is 12.1 Å². The lowest BCUT2D eigenvalue weighted by atomic mass is 10.1. The number of carbonyl (C=O) groups excluding carboxylic acids is 1. The maximum absolute atomic E-state index is 13.4. The molecule has 0 fully saturated rings. The molecule has 0 bridgehead atoms. The van der Waals surface area contributed by atoms with Crippen molar-refractivity contribution in [1.29, 1.82) is 0 Å². The van der Waals surface area contributed by atoms with Gasteiger partial charge in [-0.3, -0.25) is 4.79 Å². The van der Waals surface area contributed by atoms with Crippen LogP contribution in [-0.4, -0.2) is 23.7 Å². The highest BCUT2D eigenvalue weighted by Crippen LogP contribution is 2.10. The van der Waals surface area contributed by atoms with Crippen molar-refractivity contribution in [2.75, 3.05) is 6.61 Å². The summed E-state index contributed by atoms with van der Waals surface area (Å²) in [6.45, 7) is 3.45. The molecule has 16 heavy (non-hydrogen) atoms. The van der Waals surface area contributed by atoms with Gasteiger partial charge in [0.1, 0.15) is 5.82 Å². The maximum atomic E-state index is 13.4. The van der Waals surface area contributed by atoms with E-state index < -0.39 is 11.7 Å². The first kappa shape index (κ1) is 12.6. The third-order valence-corrected chi connectivity index (χ3v) is 2.42. The second-order valence-corrected chi connectivity index (χ2v) is 3.74. The van der Waals surface area contributed by atoms with Crippen molar-refractivity contribution in [3.05, 3.63) is 35.1 Å². The number of halogens is 1. The molecule has 1 aromatic rings. The third-order valence-electron chi connectivity index (χ3n) is 2.42. The maximum Gasteiger partial charge on any atom is 0.254 e. The smallest absolute Gasteiger partial charge is 0.254 e. The molecular weight excluding hydrogens is 209 g/mol. The topological polar surface area (TPSA) is 49.3 Å². The molecular formula is C12H16FNO2. The van der Waals surface area contributed by atoms with E-state index in [2.05, 4.69) is 5.32 Å². The lowest BCUT2D eigenvalue weighted by Crippen LogP contribution is -2.37. The molecule has 1 rings (SSSR count). The number of hydrogen-bond acceptors (Lipinski definition) is 2. The summed E-state index contributed by atoms with van der Waals surface area (Å²) in [4.78, 5) is 11.6. The number of amides is 1. The number of nitrogens with one attached hydrogen (secondary N) is 1. The zero-order valence-electron chi connectivity index (χ0n) is 9.46. The van der Waals surface area contributed by atoms with Gasteiger partial charge in [-0.25, -0.2) is 4.39 Å². The summed E-state index contributed by atoms with van der Waals surface area (Å²) in [5, 5.41) is 11.5. The first-order valence-corrected chi connectivity index (χ1v) is 5.26. The molecule has 3 nitrogen and oxygen atoms in total. The van der Waals surface area contributed by atoms with Gasteiger partial charge in [0.15, 0.2) is 0 Å². The Balaban J connectivity index is 2.80. The molecule has 0 radical (unpaired) electrons. The Kier molecular flexibility index (Phi) is 4.43. The highest BCUT2D eigenvalue weighted by Gasteiger charge is 2.14. The van der Waals surface area contributed by atoms with Crippen LogP contribution in [0.15, 0.2) is 18.2 Å². The van der Waals surface area contributed by atoms with Crippen molar-refractivity contribution in [1.82, 2.24) is 5.32 Å². The van der Waals surface area contributed by atoms with Gasteiger partial charge in [-0.15, -0.1) is 0 Å². The van der Waals surface area contributed by atoms with Gasteiger partial charge in [0.2, 0.25) is 0 Å². The Labute approximate surface area is 94.3 Å². The first-order chi connectivity index (χ1) is 7.58. The standard InChI is InChI=1S/C12H16FNO2/c1-3-9(7-15)14-12(16)10-5-4-8(2)6-11(10)13/h4-6,9,15H,3,7H2,1-2H3,(H,14,16). The van der Waals surface area contributed by atoms with Crippen molar-refractivity contribution in [3.63, 3.8) is 0 Å². The van der Waals surface area contributed by atoms with Gasteiger partial charge < -0.3 is 10.4 Å². The summed E-state index contributed by atoms with van der Waals surface area (Å²) in [7, 11) is 0. The fraction of sp³-hybridized carbons (Fsp3) is 0.417. The van der Waals surface area contributed by atoms with Gasteiger partial charge in [0.05, 0.1) is 18.2 Å². The SMILES string of the molecule is CCC(CO)NC(=O)c1ccc(C)cc1F. The molecule has 1 amide bonds. The Morgan fingerprint density at radius 2 is 2.25 bits per heavy atom. The van der Waals surface area contributed by atoms with Crippen LogP contribution in [0.4, 0.5) is 4.39 Å². The van der Waals surface area contributed by atoms with Gasteiger partial charge in [0.25, 0.3) is 5.91 Å². The Morgan fingerprint density at radius 1 is 1.56 bits per heavy atom. The second-order valence-electron chi connectivity index (χ2n) is 3.74. The largest absolute Gasteiger partial charge is 0.394 e. The summed E-state index contributed by atoms with van der Waals surface area (Å²) < 4.78 is 13.4. The first-order valence-electron chi connectivity index (χ1n) is 5.26. The minimum Gasteiger partial charge on any atom is -0.394 e. The van der Waals surface area contributed by atoms with Crippen molar-refractivity contribution in [2.24, 2.45) is 0 Å². The number of aryl methyl sites for hydroxylation is 1. The van der Waals surface area contributed by atoms with Gasteiger partial charge in [-0.05, 0) is 31.0 Å². The molecule has 88 valence electrons. The Hall–Kier alpha value is -1.42. The van der Waals surface area contributed by atoms with E-state index in [9.17, 15) is 9.18 Å². The van der Waals surface area contributed by atoms with Crippen LogP contribution >= 0.6 is 0 Å². The van der Waals surface area contributed by atoms with E-state index >= 15 is 0 Å². The second kappa shape index (κ2) is 5.61. The van der Waals surface area contributed by atoms with E-state index in [0.717, 1.165) is 5.56 Å². The quantitative estimate of drug-likeness (QED) is 0.818. The summed E-state index contributed by atoms with van der Waals surface area (Å²) >= 11 is 0. The summed E-state index contributed by atoms with van der Waals surface area (Å²) in [5.74, 6) is -1.02. The van der Waals surface area contributed by atoms with Gasteiger partial charge in [-0.2, -0.15) is 0 Å². The molecule has 0 aliphatic carbocycles. The molecule has 0 heterocycles.